The van der Waals surface area contributed by atoms with Crippen LogP contribution in [-0.2, 0) is 28.6 Å². The molecule has 350 valence electrons. The molecule has 0 bridgehead atoms. The second-order valence-corrected chi connectivity index (χ2v) is 16.7. The Bertz CT molecular complexity index is 1160. The number of hydrogen-bond acceptors (Lipinski definition) is 6. The van der Waals surface area contributed by atoms with Crippen molar-refractivity contribution in [1.29, 1.82) is 0 Å². The summed E-state index contributed by atoms with van der Waals surface area (Å²) in [4.78, 5) is 37.9. The Labute approximate surface area is 376 Å². The van der Waals surface area contributed by atoms with Crippen LogP contribution in [0.25, 0.3) is 0 Å². The van der Waals surface area contributed by atoms with Gasteiger partial charge in [0.25, 0.3) is 0 Å². The van der Waals surface area contributed by atoms with Gasteiger partial charge in [-0.1, -0.05) is 209 Å². The number of carbonyl (C=O) groups is 3. The number of allylic oxidation sites excluding steroid dienone is 12. The van der Waals surface area contributed by atoms with Crippen molar-refractivity contribution in [3.8, 4) is 0 Å². The molecule has 0 rings (SSSR count). The molecule has 1 atom stereocenters. The molecule has 0 saturated carbocycles. The van der Waals surface area contributed by atoms with Crippen LogP contribution in [0.5, 0.6) is 0 Å². The van der Waals surface area contributed by atoms with E-state index in [9.17, 15) is 14.4 Å². The Kier molecular flexibility index (Phi) is 46.9. The largest absolute Gasteiger partial charge is 0.462 e. The molecule has 0 saturated heterocycles. The van der Waals surface area contributed by atoms with E-state index >= 15 is 0 Å². The summed E-state index contributed by atoms with van der Waals surface area (Å²) in [7, 11) is 0. The van der Waals surface area contributed by atoms with Crippen LogP contribution in [0.3, 0.4) is 0 Å². The maximum absolute atomic E-state index is 12.8. The number of esters is 3. The lowest BCUT2D eigenvalue weighted by Crippen LogP contribution is -2.30. The molecule has 0 aromatic heterocycles. The quantitative estimate of drug-likeness (QED) is 0.0263. The van der Waals surface area contributed by atoms with Gasteiger partial charge in [0.2, 0.25) is 0 Å². The van der Waals surface area contributed by atoms with Crippen LogP contribution in [0.1, 0.15) is 239 Å². The molecule has 6 nitrogen and oxygen atoms in total. The highest BCUT2D eigenvalue weighted by atomic mass is 16.6. The number of carbonyl (C=O) groups excluding carboxylic acids is 3. The van der Waals surface area contributed by atoms with Gasteiger partial charge >= 0.3 is 17.9 Å². The van der Waals surface area contributed by atoms with Gasteiger partial charge < -0.3 is 14.2 Å². The summed E-state index contributed by atoms with van der Waals surface area (Å²) in [6.07, 6.45) is 61.6. The van der Waals surface area contributed by atoms with Crippen LogP contribution < -0.4 is 0 Å². The maximum atomic E-state index is 12.8. The van der Waals surface area contributed by atoms with Gasteiger partial charge in [-0.2, -0.15) is 0 Å². The van der Waals surface area contributed by atoms with Gasteiger partial charge in [-0.25, -0.2) is 0 Å². The summed E-state index contributed by atoms with van der Waals surface area (Å²) in [5, 5.41) is 0. The predicted molar refractivity (Wildman–Crippen MR) is 261 cm³/mol. The number of unbranched alkanes of at least 4 members (excludes halogenated alkanes) is 22. The Morgan fingerprint density at radius 2 is 0.672 bits per heavy atom. The van der Waals surface area contributed by atoms with E-state index in [4.69, 9.17) is 14.2 Å². The molecule has 0 aliphatic heterocycles. The molecule has 0 heterocycles. The fourth-order valence-electron chi connectivity index (χ4n) is 6.88. The summed E-state index contributed by atoms with van der Waals surface area (Å²) < 4.78 is 16.8. The third-order valence-electron chi connectivity index (χ3n) is 10.7. The van der Waals surface area contributed by atoms with E-state index in [1.165, 1.54) is 70.6 Å². The van der Waals surface area contributed by atoms with Gasteiger partial charge in [0, 0.05) is 19.3 Å². The van der Waals surface area contributed by atoms with Crippen molar-refractivity contribution >= 4 is 17.9 Å². The highest BCUT2D eigenvalue weighted by Gasteiger charge is 2.19. The smallest absolute Gasteiger partial charge is 0.306 e. The topological polar surface area (TPSA) is 78.9 Å². The van der Waals surface area contributed by atoms with E-state index in [0.29, 0.717) is 19.3 Å². The monoisotopic (exact) mass is 851 g/mol. The number of hydrogen-bond donors (Lipinski definition) is 0. The summed E-state index contributed by atoms with van der Waals surface area (Å²) in [5.74, 6) is -0.925. The minimum atomic E-state index is -0.790. The van der Waals surface area contributed by atoms with Crippen molar-refractivity contribution in [3.63, 3.8) is 0 Å². The van der Waals surface area contributed by atoms with Gasteiger partial charge in [0.05, 0.1) is 0 Å². The summed E-state index contributed by atoms with van der Waals surface area (Å²) in [6.45, 7) is 6.43. The first-order valence-electron chi connectivity index (χ1n) is 25.4. The zero-order valence-corrected chi connectivity index (χ0v) is 39.9. The highest BCUT2D eigenvalue weighted by Crippen LogP contribution is 2.15. The summed E-state index contributed by atoms with van der Waals surface area (Å²) >= 11 is 0. The fourth-order valence-corrected chi connectivity index (χ4v) is 6.88. The SMILES string of the molecule is CC/C=C\C/C=C\C/C=C\C/C=C\CCCCCCC(=O)OCC(COC(=O)CCCCCCCCCCCCCCC)OC(=O)CCCCCCC/C=C\C/C=C\CCC. The molecule has 0 aliphatic rings. The molecule has 0 fully saturated rings. The maximum Gasteiger partial charge on any atom is 0.306 e. The standard InChI is InChI=1S/C55H94O6/c1-4-7-10-13-16-19-22-25-26-27-28-31-33-36-39-42-45-48-54(57)60-51-52(61-55(58)49-46-43-40-37-34-30-24-21-18-15-12-9-6-3)50-59-53(56)47-44-41-38-35-32-29-23-20-17-14-11-8-5-2/h7,10,12,15-16,19,21,24-26,28,31,52H,4-6,8-9,11,13-14,17-18,20,22-23,27,29-30,32-51H2,1-3H3/b10-7-,15-12-,19-16-,24-21-,26-25-,31-28-. The highest BCUT2D eigenvalue weighted by molar-refractivity contribution is 5.71. The van der Waals surface area contributed by atoms with E-state index in [-0.39, 0.29) is 31.1 Å². The van der Waals surface area contributed by atoms with E-state index in [0.717, 1.165) is 128 Å². The van der Waals surface area contributed by atoms with Crippen LogP contribution >= 0.6 is 0 Å². The first-order chi connectivity index (χ1) is 30.0. The predicted octanol–water partition coefficient (Wildman–Crippen LogP) is 16.6. The minimum absolute atomic E-state index is 0.0878. The lowest BCUT2D eigenvalue weighted by molar-refractivity contribution is -0.167. The molecule has 0 N–H and O–H groups in total. The lowest BCUT2D eigenvalue weighted by atomic mass is 10.0. The summed E-state index contributed by atoms with van der Waals surface area (Å²) in [5.41, 5.74) is 0. The van der Waals surface area contributed by atoms with E-state index in [2.05, 4.69) is 93.7 Å². The minimum Gasteiger partial charge on any atom is -0.462 e. The molecule has 1 unspecified atom stereocenters. The third-order valence-corrected chi connectivity index (χ3v) is 10.7. The zero-order valence-electron chi connectivity index (χ0n) is 39.9. The van der Waals surface area contributed by atoms with Crippen molar-refractivity contribution in [1.82, 2.24) is 0 Å². The van der Waals surface area contributed by atoms with Crippen molar-refractivity contribution < 1.29 is 28.6 Å². The van der Waals surface area contributed by atoms with Crippen LogP contribution in [0.15, 0.2) is 72.9 Å². The van der Waals surface area contributed by atoms with E-state index in [1.54, 1.807) is 0 Å². The average molecular weight is 851 g/mol. The molecule has 0 spiro atoms. The molecule has 0 aromatic carbocycles. The Hall–Kier alpha value is -3.15. The molecule has 6 heteroatoms. The zero-order chi connectivity index (χ0) is 44.4. The molecular formula is C55H94O6. The molecule has 61 heavy (non-hydrogen) atoms. The molecular weight excluding hydrogens is 757 g/mol. The first kappa shape index (κ1) is 57.9. The van der Waals surface area contributed by atoms with Crippen LogP contribution in [0.4, 0.5) is 0 Å². The van der Waals surface area contributed by atoms with Gasteiger partial charge in [0.1, 0.15) is 13.2 Å². The Morgan fingerprint density at radius 3 is 1.07 bits per heavy atom. The Balaban J connectivity index is 4.43. The van der Waals surface area contributed by atoms with Crippen molar-refractivity contribution in [2.75, 3.05) is 13.2 Å². The van der Waals surface area contributed by atoms with Crippen molar-refractivity contribution in [2.45, 2.75) is 245 Å². The van der Waals surface area contributed by atoms with Crippen LogP contribution in [0.2, 0.25) is 0 Å². The Morgan fingerprint density at radius 1 is 0.344 bits per heavy atom. The molecule has 0 aliphatic carbocycles. The van der Waals surface area contributed by atoms with E-state index in [1.807, 2.05) is 0 Å². The lowest BCUT2D eigenvalue weighted by Gasteiger charge is -2.18. The first-order valence-corrected chi connectivity index (χ1v) is 25.4. The van der Waals surface area contributed by atoms with Gasteiger partial charge in [-0.3, -0.25) is 14.4 Å². The summed E-state index contributed by atoms with van der Waals surface area (Å²) in [6, 6.07) is 0. The molecule has 0 aromatic rings. The van der Waals surface area contributed by atoms with Crippen molar-refractivity contribution in [2.24, 2.45) is 0 Å². The average Bonchev–Trinajstić information content (AvgIpc) is 3.26. The molecule has 0 radical (unpaired) electrons. The van der Waals surface area contributed by atoms with Gasteiger partial charge in [-0.15, -0.1) is 0 Å². The number of ether oxygens (including phenoxy) is 3. The third kappa shape index (κ3) is 47.7. The van der Waals surface area contributed by atoms with Gasteiger partial charge in [0.15, 0.2) is 6.10 Å². The van der Waals surface area contributed by atoms with Crippen molar-refractivity contribution in [3.05, 3.63) is 72.9 Å². The number of rotatable bonds is 45. The van der Waals surface area contributed by atoms with Crippen LogP contribution in [-0.4, -0.2) is 37.2 Å². The fraction of sp³-hybridized carbons (Fsp3) is 0.727. The van der Waals surface area contributed by atoms with Gasteiger partial charge in [-0.05, 0) is 83.5 Å². The normalized spacial score (nSPS) is 12.6. The van der Waals surface area contributed by atoms with E-state index < -0.39 is 6.10 Å². The second kappa shape index (κ2) is 49.5. The van der Waals surface area contributed by atoms with Crippen LogP contribution in [0, 0.1) is 0 Å². The second-order valence-electron chi connectivity index (χ2n) is 16.7. The molecule has 0 amide bonds.